The number of hydrogen-bond donors (Lipinski definition) is 0. The van der Waals surface area contributed by atoms with E-state index in [1.807, 2.05) is 71.6 Å². The first kappa shape index (κ1) is 23.5. The van der Waals surface area contributed by atoms with Gasteiger partial charge in [0.15, 0.2) is 5.78 Å². The lowest BCUT2D eigenvalue weighted by Crippen LogP contribution is -2.40. The monoisotopic (exact) mass is 480 g/mol. The number of carbonyl (C=O) groups excluding carboxylic acids is 2. The first-order valence-electron chi connectivity index (χ1n) is 12.1. The third kappa shape index (κ3) is 4.67. The van der Waals surface area contributed by atoms with Crippen molar-refractivity contribution in [3.8, 4) is 22.8 Å². The summed E-state index contributed by atoms with van der Waals surface area (Å²) in [5.74, 6) is 1.50. The average molecular weight is 481 g/mol. The highest BCUT2D eigenvalue weighted by Gasteiger charge is 2.29. The number of pyridine rings is 1. The van der Waals surface area contributed by atoms with Crippen LogP contribution in [0, 0.1) is 5.92 Å². The summed E-state index contributed by atoms with van der Waals surface area (Å²) in [6.45, 7) is 1.08. The van der Waals surface area contributed by atoms with E-state index in [0.29, 0.717) is 37.1 Å². The van der Waals surface area contributed by atoms with E-state index in [1.165, 1.54) is 0 Å². The lowest BCUT2D eigenvalue weighted by Gasteiger charge is -2.31. The summed E-state index contributed by atoms with van der Waals surface area (Å²) in [5, 5.41) is 0.830. The molecule has 6 heteroatoms. The number of methoxy groups -OCH3 is 2. The molecule has 182 valence electrons. The van der Waals surface area contributed by atoms with Gasteiger partial charge in [0.1, 0.15) is 11.5 Å². The molecule has 1 aliphatic heterocycles. The van der Waals surface area contributed by atoms with E-state index in [4.69, 9.17) is 14.5 Å². The van der Waals surface area contributed by atoms with Crippen molar-refractivity contribution in [1.29, 1.82) is 0 Å². The van der Waals surface area contributed by atoms with E-state index in [-0.39, 0.29) is 17.6 Å². The second-order valence-electron chi connectivity index (χ2n) is 8.96. The molecule has 6 nitrogen and oxygen atoms in total. The zero-order valence-electron chi connectivity index (χ0n) is 20.4. The molecule has 1 aromatic heterocycles. The van der Waals surface area contributed by atoms with Gasteiger partial charge in [-0.1, -0.05) is 18.2 Å². The summed E-state index contributed by atoms with van der Waals surface area (Å²) in [4.78, 5) is 33.4. The number of likely N-dealkylation sites (tertiary alicyclic amines) is 1. The van der Waals surface area contributed by atoms with Crippen LogP contribution in [0.2, 0.25) is 0 Å². The quantitative estimate of drug-likeness (QED) is 0.334. The minimum atomic E-state index is -0.0912. The fraction of sp³-hybridized carbons (Fsp3) is 0.233. The molecule has 0 radical (unpaired) electrons. The number of fused-ring (bicyclic) bond motifs is 1. The summed E-state index contributed by atoms with van der Waals surface area (Å²) in [6.07, 6.45) is 1.29. The normalized spacial score (nSPS) is 14.0. The molecule has 0 atom stereocenters. The molecule has 0 saturated carbocycles. The van der Waals surface area contributed by atoms with Crippen LogP contribution in [0.4, 0.5) is 0 Å². The van der Waals surface area contributed by atoms with Crippen LogP contribution < -0.4 is 9.47 Å². The van der Waals surface area contributed by atoms with Gasteiger partial charge in [-0.2, -0.15) is 0 Å². The number of benzene rings is 3. The molecule has 0 bridgehead atoms. The van der Waals surface area contributed by atoms with Gasteiger partial charge in [0, 0.05) is 35.5 Å². The van der Waals surface area contributed by atoms with E-state index in [0.717, 1.165) is 33.7 Å². The lowest BCUT2D eigenvalue weighted by atomic mass is 9.88. The largest absolute Gasteiger partial charge is 0.497 e. The van der Waals surface area contributed by atoms with Crippen molar-refractivity contribution in [3.63, 3.8) is 0 Å². The molecular weight excluding hydrogens is 452 g/mol. The molecular formula is C30H28N2O4. The van der Waals surface area contributed by atoms with E-state index in [1.54, 1.807) is 26.4 Å². The van der Waals surface area contributed by atoms with Gasteiger partial charge in [0.05, 0.1) is 31.0 Å². The molecule has 3 aromatic carbocycles. The number of amides is 1. The molecule has 36 heavy (non-hydrogen) atoms. The molecule has 2 heterocycles. The van der Waals surface area contributed by atoms with Crippen molar-refractivity contribution < 1.29 is 19.1 Å². The highest BCUT2D eigenvalue weighted by atomic mass is 16.5. The smallest absolute Gasteiger partial charge is 0.254 e. The predicted molar refractivity (Wildman–Crippen MR) is 140 cm³/mol. The molecule has 1 aliphatic rings. The van der Waals surface area contributed by atoms with Crippen molar-refractivity contribution in [1.82, 2.24) is 9.88 Å². The number of ketones is 1. The van der Waals surface area contributed by atoms with Crippen LogP contribution in [0.15, 0.2) is 78.9 Å². The third-order valence-corrected chi connectivity index (χ3v) is 6.86. The second kappa shape index (κ2) is 10.2. The van der Waals surface area contributed by atoms with Gasteiger partial charge < -0.3 is 14.4 Å². The fourth-order valence-electron chi connectivity index (χ4n) is 4.77. The van der Waals surface area contributed by atoms with Crippen molar-refractivity contribution >= 4 is 22.6 Å². The Hall–Kier alpha value is -4.19. The maximum atomic E-state index is 13.7. The minimum Gasteiger partial charge on any atom is -0.497 e. The number of hydrogen-bond acceptors (Lipinski definition) is 5. The van der Waals surface area contributed by atoms with Crippen molar-refractivity contribution in [2.24, 2.45) is 5.92 Å². The lowest BCUT2D eigenvalue weighted by molar-refractivity contribution is 0.0652. The standard InChI is InChI=1S/C30H28N2O4/c1-35-23-11-7-20(8-12-23)28-19-26(25-5-3-4-6-27(25)31-28)30(34)32-17-15-22(16-18-32)29(33)21-9-13-24(36-2)14-10-21/h3-14,19,22H,15-18H2,1-2H3. The van der Waals surface area contributed by atoms with Crippen molar-refractivity contribution in [2.75, 3.05) is 27.3 Å². The first-order valence-corrected chi connectivity index (χ1v) is 12.1. The highest BCUT2D eigenvalue weighted by molar-refractivity contribution is 6.07. The highest BCUT2D eigenvalue weighted by Crippen LogP contribution is 2.29. The van der Waals surface area contributed by atoms with Crippen molar-refractivity contribution in [3.05, 3.63) is 90.0 Å². The maximum absolute atomic E-state index is 13.7. The minimum absolute atomic E-state index is 0.0290. The summed E-state index contributed by atoms with van der Waals surface area (Å²) in [5.41, 5.74) is 3.75. The van der Waals surface area contributed by atoms with Crippen molar-refractivity contribution in [2.45, 2.75) is 12.8 Å². The van der Waals surface area contributed by atoms with Gasteiger partial charge in [-0.15, -0.1) is 0 Å². The second-order valence-corrected chi connectivity index (χ2v) is 8.96. The molecule has 1 fully saturated rings. The van der Waals surface area contributed by atoms with Crippen LogP contribution in [0.25, 0.3) is 22.2 Å². The van der Waals surface area contributed by atoms with Crippen LogP contribution in [0.3, 0.4) is 0 Å². The number of aromatic nitrogens is 1. The fourth-order valence-corrected chi connectivity index (χ4v) is 4.77. The number of rotatable bonds is 6. The van der Waals surface area contributed by atoms with Crippen LogP contribution >= 0.6 is 0 Å². The SMILES string of the molecule is COc1ccc(C(=O)C2CCN(C(=O)c3cc(-c4ccc(OC)cc4)nc4ccccc34)CC2)cc1. The molecule has 0 N–H and O–H groups in total. The Labute approximate surface area is 210 Å². The van der Waals surface area contributed by atoms with E-state index >= 15 is 0 Å². The van der Waals surface area contributed by atoms with E-state index in [9.17, 15) is 9.59 Å². The van der Waals surface area contributed by atoms with Gasteiger partial charge in [-0.25, -0.2) is 4.98 Å². The number of nitrogens with zero attached hydrogens (tertiary/aromatic N) is 2. The van der Waals surface area contributed by atoms with Crippen LogP contribution in [-0.2, 0) is 0 Å². The zero-order chi connectivity index (χ0) is 25.1. The van der Waals surface area contributed by atoms with Gasteiger partial charge in [-0.3, -0.25) is 9.59 Å². The summed E-state index contributed by atoms with van der Waals surface area (Å²) >= 11 is 0. The first-order chi connectivity index (χ1) is 17.6. The molecule has 0 aliphatic carbocycles. The summed E-state index contributed by atoms with van der Waals surface area (Å²) < 4.78 is 10.5. The Bertz CT molecular complexity index is 1390. The van der Waals surface area contributed by atoms with Crippen LogP contribution in [0.5, 0.6) is 11.5 Å². The Balaban J connectivity index is 1.36. The predicted octanol–water partition coefficient (Wildman–Crippen LogP) is 5.65. The van der Waals surface area contributed by atoms with Gasteiger partial charge in [0.2, 0.25) is 0 Å². The van der Waals surface area contributed by atoms with Gasteiger partial charge in [-0.05, 0) is 73.5 Å². The summed E-state index contributed by atoms with van der Waals surface area (Å²) in [6, 6.07) is 24.5. The molecule has 1 amide bonds. The Morgan fingerprint density at radius 2 is 1.44 bits per heavy atom. The number of carbonyl (C=O) groups is 2. The van der Waals surface area contributed by atoms with Crippen LogP contribution in [-0.4, -0.2) is 48.9 Å². The average Bonchev–Trinajstić information content (AvgIpc) is 2.96. The molecule has 5 rings (SSSR count). The number of Topliss-reactive ketones (excluding diaryl/α,β-unsaturated/α-hetero) is 1. The van der Waals surface area contributed by atoms with E-state index < -0.39 is 0 Å². The van der Waals surface area contributed by atoms with Gasteiger partial charge in [0.25, 0.3) is 5.91 Å². The van der Waals surface area contributed by atoms with E-state index in [2.05, 4.69) is 0 Å². The number of para-hydroxylation sites is 1. The maximum Gasteiger partial charge on any atom is 0.254 e. The Morgan fingerprint density at radius 1 is 0.833 bits per heavy atom. The third-order valence-electron chi connectivity index (χ3n) is 6.86. The molecule has 1 saturated heterocycles. The Kier molecular flexibility index (Phi) is 6.67. The molecule has 0 spiro atoms. The Morgan fingerprint density at radius 3 is 2.08 bits per heavy atom. The topological polar surface area (TPSA) is 68.7 Å². The molecule has 0 unspecified atom stereocenters. The van der Waals surface area contributed by atoms with Gasteiger partial charge >= 0.3 is 0 Å². The zero-order valence-corrected chi connectivity index (χ0v) is 20.4. The molecule has 4 aromatic rings. The number of piperidine rings is 1. The van der Waals surface area contributed by atoms with Crippen LogP contribution in [0.1, 0.15) is 33.6 Å². The number of ether oxygens (including phenoxy) is 2. The summed E-state index contributed by atoms with van der Waals surface area (Å²) in [7, 11) is 3.24.